The molecule has 1 aliphatic rings. The van der Waals surface area contributed by atoms with Crippen LogP contribution in [-0.2, 0) is 6.54 Å². The van der Waals surface area contributed by atoms with E-state index in [0.29, 0.717) is 18.1 Å². The van der Waals surface area contributed by atoms with Crippen molar-refractivity contribution in [1.29, 1.82) is 0 Å². The van der Waals surface area contributed by atoms with Crippen molar-refractivity contribution in [3.05, 3.63) is 80.3 Å². The maximum atomic E-state index is 12.8. The molecule has 0 radical (unpaired) electrons. The monoisotopic (exact) mass is 378 g/mol. The topological polar surface area (TPSA) is 80.8 Å². The molecule has 4 rings (SSSR count). The van der Waals surface area contributed by atoms with Crippen LogP contribution < -0.4 is 10.5 Å². The van der Waals surface area contributed by atoms with Crippen LogP contribution in [0.15, 0.2) is 53.5 Å². The first-order chi connectivity index (χ1) is 13.5. The number of nitrogens with zero attached hydrogens (tertiary/aromatic N) is 4. The van der Waals surface area contributed by atoms with Crippen LogP contribution in [0.3, 0.4) is 0 Å². The maximum Gasteiger partial charge on any atom is 0.376 e. The zero-order chi connectivity index (χ0) is 19.8. The molecule has 2 heterocycles. The molecule has 0 bridgehead atoms. The van der Waals surface area contributed by atoms with E-state index in [1.165, 1.54) is 16.2 Å². The van der Waals surface area contributed by atoms with Gasteiger partial charge >= 0.3 is 11.2 Å². The van der Waals surface area contributed by atoms with Gasteiger partial charge in [-0.25, -0.2) is 4.98 Å². The van der Waals surface area contributed by atoms with Gasteiger partial charge in [0, 0.05) is 18.8 Å². The predicted molar refractivity (Wildman–Crippen MR) is 108 cm³/mol. The van der Waals surface area contributed by atoms with E-state index < -0.39 is 16.2 Å². The van der Waals surface area contributed by atoms with E-state index in [9.17, 15) is 14.9 Å². The van der Waals surface area contributed by atoms with Crippen molar-refractivity contribution in [3.8, 4) is 0 Å². The summed E-state index contributed by atoms with van der Waals surface area (Å²) < 4.78 is 1.23. The molecule has 28 heavy (non-hydrogen) atoms. The maximum absolute atomic E-state index is 12.8. The van der Waals surface area contributed by atoms with E-state index in [2.05, 4.69) is 31.0 Å². The largest absolute Gasteiger partial charge is 0.376 e. The lowest BCUT2D eigenvalue weighted by atomic mass is 10.0. The van der Waals surface area contributed by atoms with Crippen molar-refractivity contribution in [2.75, 3.05) is 4.90 Å². The highest BCUT2D eigenvalue weighted by Crippen LogP contribution is 2.35. The number of hydrogen-bond donors (Lipinski definition) is 0. The number of pyridine rings is 1. The first-order valence-electron chi connectivity index (χ1n) is 9.47. The third-order valence-corrected chi connectivity index (χ3v) is 5.13. The summed E-state index contributed by atoms with van der Waals surface area (Å²) in [5.41, 5.74) is 1.59. The molecule has 7 heteroatoms. The van der Waals surface area contributed by atoms with Crippen LogP contribution in [-0.4, -0.2) is 20.3 Å². The van der Waals surface area contributed by atoms with Gasteiger partial charge in [-0.3, -0.25) is 19.3 Å². The molecule has 1 fully saturated rings. The SMILES string of the molecule is CC(C)c1ccc(CN(c2nc3ccccn3c(=O)c2[N+](=O)[O-])C2CC2)cc1. The third-order valence-electron chi connectivity index (χ3n) is 5.13. The normalized spacial score (nSPS) is 13.8. The van der Waals surface area contributed by atoms with Crippen molar-refractivity contribution in [2.24, 2.45) is 0 Å². The Morgan fingerprint density at radius 2 is 1.93 bits per heavy atom. The molecule has 0 amide bonds. The fraction of sp³-hybridized carbons (Fsp3) is 0.333. The number of hydrogen-bond acceptors (Lipinski definition) is 5. The van der Waals surface area contributed by atoms with Gasteiger partial charge in [0.05, 0.1) is 4.92 Å². The first-order valence-corrected chi connectivity index (χ1v) is 9.47. The molecule has 0 unspecified atom stereocenters. The van der Waals surface area contributed by atoms with Crippen LogP contribution in [0.2, 0.25) is 0 Å². The Balaban J connectivity index is 1.79. The fourth-order valence-corrected chi connectivity index (χ4v) is 3.40. The molecular formula is C21H22N4O3. The number of benzene rings is 1. The summed E-state index contributed by atoms with van der Waals surface area (Å²) in [6.07, 6.45) is 3.39. The molecule has 1 aliphatic carbocycles. The summed E-state index contributed by atoms with van der Waals surface area (Å²) >= 11 is 0. The van der Waals surface area contributed by atoms with Crippen molar-refractivity contribution in [2.45, 2.75) is 45.2 Å². The van der Waals surface area contributed by atoms with Crippen molar-refractivity contribution in [1.82, 2.24) is 9.38 Å². The minimum absolute atomic E-state index is 0.164. The van der Waals surface area contributed by atoms with Crippen molar-refractivity contribution < 1.29 is 4.92 Å². The minimum atomic E-state index is -0.647. The summed E-state index contributed by atoms with van der Waals surface area (Å²) in [4.78, 5) is 30.3. The Morgan fingerprint density at radius 3 is 2.54 bits per heavy atom. The Morgan fingerprint density at radius 1 is 1.21 bits per heavy atom. The van der Waals surface area contributed by atoms with Gasteiger partial charge in [-0.15, -0.1) is 0 Å². The molecule has 0 atom stereocenters. The van der Waals surface area contributed by atoms with Crippen LogP contribution in [0.1, 0.15) is 43.7 Å². The number of fused-ring (bicyclic) bond motifs is 1. The minimum Gasteiger partial charge on any atom is -0.343 e. The van der Waals surface area contributed by atoms with Gasteiger partial charge < -0.3 is 4.90 Å². The summed E-state index contributed by atoms with van der Waals surface area (Å²) in [5, 5.41) is 11.7. The zero-order valence-electron chi connectivity index (χ0n) is 15.9. The smallest absolute Gasteiger partial charge is 0.343 e. The van der Waals surface area contributed by atoms with E-state index in [4.69, 9.17) is 0 Å². The Bertz CT molecular complexity index is 1080. The van der Waals surface area contributed by atoms with E-state index in [1.807, 2.05) is 17.0 Å². The highest BCUT2D eigenvalue weighted by atomic mass is 16.6. The van der Waals surface area contributed by atoms with Crippen LogP contribution in [0.25, 0.3) is 5.65 Å². The highest BCUT2D eigenvalue weighted by molar-refractivity contribution is 5.62. The van der Waals surface area contributed by atoms with Gasteiger partial charge in [0.15, 0.2) is 0 Å². The van der Waals surface area contributed by atoms with E-state index >= 15 is 0 Å². The lowest BCUT2D eigenvalue weighted by molar-refractivity contribution is -0.385. The molecule has 3 aromatic rings. The standard InChI is InChI=1S/C21H22N4O3/c1-14(2)16-8-6-15(7-9-16)13-24(17-10-11-17)20-19(25(27)28)21(26)23-12-4-3-5-18(23)22-20/h3-9,12,14,17H,10-11,13H2,1-2H3. The number of anilines is 1. The van der Waals surface area contributed by atoms with Crippen molar-refractivity contribution >= 4 is 17.2 Å². The second-order valence-corrected chi connectivity index (χ2v) is 7.53. The van der Waals surface area contributed by atoms with Crippen LogP contribution >= 0.6 is 0 Å². The molecule has 0 spiro atoms. The van der Waals surface area contributed by atoms with Gasteiger partial charge in [-0.05, 0) is 42.0 Å². The molecule has 1 aromatic carbocycles. The lowest BCUT2D eigenvalue weighted by Gasteiger charge is -2.23. The fourth-order valence-electron chi connectivity index (χ4n) is 3.40. The second kappa shape index (κ2) is 7.07. The number of aromatic nitrogens is 2. The molecule has 0 saturated heterocycles. The van der Waals surface area contributed by atoms with Crippen LogP contribution in [0.4, 0.5) is 11.5 Å². The Hall–Kier alpha value is -3.22. The van der Waals surface area contributed by atoms with Crippen LogP contribution in [0, 0.1) is 10.1 Å². The molecular weight excluding hydrogens is 356 g/mol. The molecule has 7 nitrogen and oxygen atoms in total. The highest BCUT2D eigenvalue weighted by Gasteiger charge is 2.36. The third kappa shape index (κ3) is 3.35. The molecule has 2 aromatic heterocycles. The van der Waals surface area contributed by atoms with Crippen LogP contribution in [0.5, 0.6) is 0 Å². The summed E-state index contributed by atoms with van der Waals surface area (Å²) in [7, 11) is 0. The molecule has 0 aliphatic heterocycles. The van der Waals surface area contributed by atoms with Gasteiger partial charge in [0.1, 0.15) is 5.65 Å². The Labute approximate surface area is 162 Å². The van der Waals surface area contributed by atoms with E-state index in [-0.39, 0.29) is 11.9 Å². The van der Waals surface area contributed by atoms with Gasteiger partial charge in [0.2, 0.25) is 5.82 Å². The summed E-state index contributed by atoms with van der Waals surface area (Å²) in [6, 6.07) is 13.6. The quantitative estimate of drug-likeness (QED) is 0.480. The molecule has 0 N–H and O–H groups in total. The lowest BCUT2D eigenvalue weighted by Crippen LogP contribution is -2.30. The predicted octanol–water partition coefficient (Wildman–Crippen LogP) is 3.90. The summed E-state index contributed by atoms with van der Waals surface area (Å²) in [5.74, 6) is 0.605. The van der Waals surface area contributed by atoms with E-state index in [1.54, 1.807) is 18.2 Å². The molecule has 1 saturated carbocycles. The number of rotatable bonds is 6. The average Bonchev–Trinajstić information content (AvgIpc) is 3.51. The zero-order valence-corrected chi connectivity index (χ0v) is 15.9. The first kappa shape index (κ1) is 18.2. The summed E-state index contributed by atoms with van der Waals surface area (Å²) in [6.45, 7) is 4.77. The number of nitro groups is 1. The van der Waals surface area contributed by atoms with E-state index in [0.717, 1.165) is 18.4 Å². The Kier molecular flexibility index (Phi) is 4.58. The molecule has 144 valence electrons. The van der Waals surface area contributed by atoms with Gasteiger partial charge in [-0.1, -0.05) is 44.2 Å². The second-order valence-electron chi connectivity index (χ2n) is 7.53. The van der Waals surface area contributed by atoms with Gasteiger partial charge in [-0.2, -0.15) is 0 Å². The average molecular weight is 378 g/mol. The van der Waals surface area contributed by atoms with Crippen molar-refractivity contribution in [3.63, 3.8) is 0 Å². The van der Waals surface area contributed by atoms with Gasteiger partial charge in [0.25, 0.3) is 0 Å².